The van der Waals surface area contributed by atoms with E-state index in [1.54, 1.807) is 6.92 Å². The van der Waals surface area contributed by atoms with Crippen LogP contribution in [0.2, 0.25) is 0 Å². The number of carboxylic acid groups (broad SMARTS) is 1. The van der Waals surface area contributed by atoms with Gasteiger partial charge in [0.25, 0.3) is 5.91 Å². The Morgan fingerprint density at radius 3 is 2.56 bits per heavy atom. The lowest BCUT2D eigenvalue weighted by molar-refractivity contribution is -0.140. The Hall–Kier alpha value is -2.04. The fourth-order valence-corrected chi connectivity index (χ4v) is 1.55. The van der Waals surface area contributed by atoms with Crippen LogP contribution in [0.3, 0.4) is 0 Å². The van der Waals surface area contributed by atoms with Gasteiger partial charge < -0.3 is 15.5 Å². The molecule has 1 aromatic rings. The topological polar surface area (TPSA) is 86.6 Å². The van der Waals surface area contributed by atoms with Gasteiger partial charge in [-0.25, -0.2) is 4.79 Å². The molecule has 0 saturated heterocycles. The van der Waals surface area contributed by atoms with Crippen LogP contribution < -0.4 is 5.32 Å². The number of carbonyl (C=O) groups is 2. The second-order valence-electron chi connectivity index (χ2n) is 4.23. The summed E-state index contributed by atoms with van der Waals surface area (Å²) in [5.74, 6) is -1.75. The standard InChI is InChI=1S/C13H17NO4/c1-3-8(2)11(13(17)18)14-12(16)9-5-4-6-10(15)7-9/h4-8,11,15H,3H2,1-2H3,(H,14,16)(H,17,18). The van der Waals surface area contributed by atoms with E-state index < -0.39 is 17.9 Å². The minimum Gasteiger partial charge on any atom is -0.508 e. The number of hydrogen-bond donors (Lipinski definition) is 3. The van der Waals surface area contributed by atoms with Crippen LogP contribution in [0.1, 0.15) is 30.6 Å². The van der Waals surface area contributed by atoms with E-state index in [1.807, 2.05) is 6.92 Å². The third kappa shape index (κ3) is 3.48. The van der Waals surface area contributed by atoms with Crippen molar-refractivity contribution in [1.29, 1.82) is 0 Å². The molecule has 5 heteroatoms. The van der Waals surface area contributed by atoms with Gasteiger partial charge >= 0.3 is 5.97 Å². The Balaban J connectivity index is 2.82. The van der Waals surface area contributed by atoms with Gasteiger partial charge in [-0.3, -0.25) is 4.79 Å². The Labute approximate surface area is 105 Å². The first-order valence-electron chi connectivity index (χ1n) is 5.78. The first-order chi connectivity index (χ1) is 8.45. The van der Waals surface area contributed by atoms with Crippen LogP contribution in [-0.4, -0.2) is 28.1 Å². The van der Waals surface area contributed by atoms with E-state index in [0.29, 0.717) is 6.42 Å². The number of phenols is 1. The fourth-order valence-electron chi connectivity index (χ4n) is 1.55. The zero-order valence-corrected chi connectivity index (χ0v) is 10.4. The van der Waals surface area contributed by atoms with E-state index in [4.69, 9.17) is 5.11 Å². The van der Waals surface area contributed by atoms with Gasteiger partial charge in [0.1, 0.15) is 11.8 Å². The van der Waals surface area contributed by atoms with Crippen molar-refractivity contribution in [3.8, 4) is 5.75 Å². The van der Waals surface area contributed by atoms with Gasteiger partial charge in [-0.2, -0.15) is 0 Å². The first-order valence-corrected chi connectivity index (χ1v) is 5.78. The molecule has 2 atom stereocenters. The molecule has 0 aliphatic heterocycles. The van der Waals surface area contributed by atoms with Crippen molar-refractivity contribution in [2.75, 3.05) is 0 Å². The summed E-state index contributed by atoms with van der Waals surface area (Å²) < 4.78 is 0. The summed E-state index contributed by atoms with van der Waals surface area (Å²) in [5, 5.41) is 20.8. The molecule has 0 aliphatic rings. The summed E-state index contributed by atoms with van der Waals surface area (Å²) in [6.45, 7) is 3.63. The van der Waals surface area contributed by atoms with Gasteiger partial charge in [-0.1, -0.05) is 26.3 Å². The van der Waals surface area contributed by atoms with E-state index in [-0.39, 0.29) is 17.2 Å². The molecule has 18 heavy (non-hydrogen) atoms. The van der Waals surface area contributed by atoms with Crippen LogP contribution >= 0.6 is 0 Å². The third-order valence-electron chi connectivity index (χ3n) is 2.87. The molecule has 3 N–H and O–H groups in total. The molecule has 1 aromatic carbocycles. The Morgan fingerprint density at radius 2 is 2.06 bits per heavy atom. The number of aromatic hydroxyl groups is 1. The second-order valence-corrected chi connectivity index (χ2v) is 4.23. The zero-order valence-electron chi connectivity index (χ0n) is 10.4. The summed E-state index contributed by atoms with van der Waals surface area (Å²) in [5.41, 5.74) is 0.240. The van der Waals surface area contributed by atoms with Crippen molar-refractivity contribution in [1.82, 2.24) is 5.32 Å². The van der Waals surface area contributed by atoms with Gasteiger partial charge in [-0.05, 0) is 24.1 Å². The quantitative estimate of drug-likeness (QED) is 0.742. The van der Waals surface area contributed by atoms with Crippen LogP contribution in [0.15, 0.2) is 24.3 Å². The van der Waals surface area contributed by atoms with Crippen LogP contribution in [0, 0.1) is 5.92 Å². The number of rotatable bonds is 5. The SMILES string of the molecule is CCC(C)C(NC(=O)c1cccc(O)c1)C(=O)O. The first kappa shape index (κ1) is 14.0. The van der Waals surface area contributed by atoms with Gasteiger partial charge in [0.15, 0.2) is 0 Å². The average Bonchev–Trinajstić information content (AvgIpc) is 2.34. The summed E-state index contributed by atoms with van der Waals surface area (Å²) in [6.07, 6.45) is 0.650. The lowest BCUT2D eigenvalue weighted by Gasteiger charge is -2.20. The molecule has 0 fully saturated rings. The predicted molar refractivity (Wildman–Crippen MR) is 66.5 cm³/mol. The smallest absolute Gasteiger partial charge is 0.326 e. The van der Waals surface area contributed by atoms with E-state index in [2.05, 4.69) is 5.32 Å². The molecule has 0 aromatic heterocycles. The molecule has 0 bridgehead atoms. The molecule has 5 nitrogen and oxygen atoms in total. The maximum atomic E-state index is 11.8. The zero-order chi connectivity index (χ0) is 13.7. The summed E-state index contributed by atoms with van der Waals surface area (Å²) in [4.78, 5) is 22.9. The maximum Gasteiger partial charge on any atom is 0.326 e. The summed E-state index contributed by atoms with van der Waals surface area (Å²) >= 11 is 0. The predicted octanol–water partition coefficient (Wildman–Crippen LogP) is 1.62. The van der Waals surface area contributed by atoms with Gasteiger partial charge in [0.05, 0.1) is 0 Å². The normalized spacial score (nSPS) is 13.7. The average molecular weight is 251 g/mol. The number of hydrogen-bond acceptors (Lipinski definition) is 3. The number of carboxylic acids is 1. The van der Waals surface area contributed by atoms with Crippen LogP contribution in [0.4, 0.5) is 0 Å². The molecule has 98 valence electrons. The van der Waals surface area contributed by atoms with E-state index >= 15 is 0 Å². The molecule has 0 radical (unpaired) electrons. The Kier molecular flexibility index (Phi) is 4.71. The van der Waals surface area contributed by atoms with Gasteiger partial charge in [0, 0.05) is 5.56 Å². The van der Waals surface area contributed by atoms with E-state index in [9.17, 15) is 14.7 Å². The molecule has 2 unspecified atom stereocenters. The minimum absolute atomic E-state index is 0.0296. The second kappa shape index (κ2) is 6.05. The van der Waals surface area contributed by atoms with Crippen LogP contribution in [-0.2, 0) is 4.79 Å². The summed E-state index contributed by atoms with van der Waals surface area (Å²) in [7, 11) is 0. The molecular weight excluding hydrogens is 234 g/mol. The highest BCUT2D eigenvalue weighted by Gasteiger charge is 2.25. The third-order valence-corrected chi connectivity index (χ3v) is 2.87. The van der Waals surface area contributed by atoms with Crippen molar-refractivity contribution in [3.05, 3.63) is 29.8 Å². The number of carbonyl (C=O) groups excluding carboxylic acids is 1. The van der Waals surface area contributed by atoms with E-state index in [1.165, 1.54) is 24.3 Å². The molecule has 0 saturated carbocycles. The Morgan fingerprint density at radius 1 is 1.39 bits per heavy atom. The van der Waals surface area contributed by atoms with Crippen molar-refractivity contribution in [2.45, 2.75) is 26.3 Å². The van der Waals surface area contributed by atoms with Crippen molar-refractivity contribution in [2.24, 2.45) is 5.92 Å². The maximum absolute atomic E-state index is 11.8. The molecule has 1 rings (SSSR count). The number of phenolic OH excluding ortho intramolecular Hbond substituents is 1. The van der Waals surface area contributed by atoms with Gasteiger partial charge in [-0.15, -0.1) is 0 Å². The lowest BCUT2D eigenvalue weighted by atomic mass is 9.99. The number of nitrogens with one attached hydrogen (secondary N) is 1. The van der Waals surface area contributed by atoms with Crippen molar-refractivity contribution < 1.29 is 19.8 Å². The molecule has 1 amide bonds. The summed E-state index contributed by atoms with van der Waals surface area (Å²) in [6, 6.07) is 4.86. The highest BCUT2D eigenvalue weighted by molar-refractivity contribution is 5.96. The number of aliphatic carboxylic acids is 1. The lowest BCUT2D eigenvalue weighted by Crippen LogP contribution is -2.45. The fraction of sp³-hybridized carbons (Fsp3) is 0.385. The number of amides is 1. The van der Waals surface area contributed by atoms with Crippen molar-refractivity contribution in [3.63, 3.8) is 0 Å². The van der Waals surface area contributed by atoms with Crippen LogP contribution in [0.5, 0.6) is 5.75 Å². The Bertz CT molecular complexity index is 444. The molecular formula is C13H17NO4. The monoisotopic (exact) mass is 251 g/mol. The molecule has 0 heterocycles. The molecule has 0 aliphatic carbocycles. The van der Waals surface area contributed by atoms with Crippen LogP contribution in [0.25, 0.3) is 0 Å². The highest BCUT2D eigenvalue weighted by atomic mass is 16.4. The van der Waals surface area contributed by atoms with E-state index in [0.717, 1.165) is 0 Å². The van der Waals surface area contributed by atoms with Gasteiger partial charge in [0.2, 0.25) is 0 Å². The highest BCUT2D eigenvalue weighted by Crippen LogP contribution is 2.13. The minimum atomic E-state index is -1.06. The molecule has 0 spiro atoms. The largest absolute Gasteiger partial charge is 0.508 e. The van der Waals surface area contributed by atoms with Crippen molar-refractivity contribution >= 4 is 11.9 Å². The number of benzene rings is 1.